The first-order valence-corrected chi connectivity index (χ1v) is 8.41. The fraction of sp³-hybridized carbons (Fsp3) is 0.611. The van der Waals surface area contributed by atoms with Gasteiger partial charge in [0.25, 0.3) is 0 Å². The van der Waals surface area contributed by atoms with E-state index in [2.05, 4.69) is 0 Å². The second kappa shape index (κ2) is 6.44. The summed E-state index contributed by atoms with van der Waals surface area (Å²) in [5, 5.41) is 0. The van der Waals surface area contributed by atoms with Gasteiger partial charge in [-0.25, -0.2) is 0 Å². The monoisotopic (exact) mass is 334 g/mol. The van der Waals surface area contributed by atoms with Crippen molar-refractivity contribution < 1.29 is 28.5 Å². The Hall–Kier alpha value is -1.47. The zero-order valence-corrected chi connectivity index (χ0v) is 13.8. The fourth-order valence-electron chi connectivity index (χ4n) is 3.95. The van der Waals surface area contributed by atoms with Crippen LogP contribution in [0.5, 0.6) is 0 Å². The lowest BCUT2D eigenvalue weighted by atomic mass is 10.0. The molecule has 1 aromatic rings. The van der Waals surface area contributed by atoms with Crippen molar-refractivity contribution in [3.63, 3.8) is 0 Å². The van der Waals surface area contributed by atoms with Gasteiger partial charge in [0.15, 0.2) is 12.6 Å². The van der Waals surface area contributed by atoms with Crippen molar-refractivity contribution in [2.24, 2.45) is 17.8 Å². The maximum absolute atomic E-state index is 12.2. The van der Waals surface area contributed by atoms with Crippen molar-refractivity contribution in [1.29, 1.82) is 0 Å². The minimum atomic E-state index is -0.431. The van der Waals surface area contributed by atoms with E-state index in [0.29, 0.717) is 13.2 Å². The van der Waals surface area contributed by atoms with E-state index in [1.54, 1.807) is 7.11 Å². The van der Waals surface area contributed by atoms with Crippen molar-refractivity contribution in [3.05, 3.63) is 35.9 Å². The Morgan fingerprint density at radius 2 is 2.00 bits per heavy atom. The summed E-state index contributed by atoms with van der Waals surface area (Å²) >= 11 is 0. The first-order valence-electron chi connectivity index (χ1n) is 8.41. The van der Waals surface area contributed by atoms with E-state index < -0.39 is 12.6 Å². The van der Waals surface area contributed by atoms with E-state index in [4.69, 9.17) is 23.7 Å². The van der Waals surface area contributed by atoms with Gasteiger partial charge in [-0.15, -0.1) is 0 Å². The molecule has 6 heteroatoms. The van der Waals surface area contributed by atoms with Crippen LogP contribution >= 0.6 is 0 Å². The summed E-state index contributed by atoms with van der Waals surface area (Å²) in [5.74, 6) is -0.364. The molecule has 1 aromatic carbocycles. The summed E-state index contributed by atoms with van der Waals surface area (Å²) in [4.78, 5) is 12.2. The number of carbonyl (C=O) groups is 1. The first-order chi connectivity index (χ1) is 11.7. The van der Waals surface area contributed by atoms with Crippen LogP contribution in [-0.2, 0) is 28.5 Å². The number of fused-ring (bicyclic) bond motifs is 3. The standard InChI is InChI=1S/C18H22O6/c1-3-21-16(19)13-12-14(13)18(20-2)23-11-9-22-17(24-15(11)12)10-7-5-4-6-8-10/h4-8,11-15,17-18H,3,9H2,1-2H3/t11-,12-,13-,14-,15-,17-,18+/m1/s1. The number of benzene rings is 1. The van der Waals surface area contributed by atoms with Gasteiger partial charge in [0, 0.05) is 24.5 Å². The van der Waals surface area contributed by atoms with Gasteiger partial charge in [0.2, 0.25) is 0 Å². The second-order valence-corrected chi connectivity index (χ2v) is 6.39. The third-order valence-corrected chi connectivity index (χ3v) is 5.06. The van der Waals surface area contributed by atoms with Crippen LogP contribution in [0.3, 0.4) is 0 Å². The lowest BCUT2D eigenvalue weighted by Gasteiger charge is -2.41. The average molecular weight is 334 g/mol. The molecule has 2 heterocycles. The quantitative estimate of drug-likeness (QED) is 0.784. The Morgan fingerprint density at radius 1 is 1.21 bits per heavy atom. The Kier molecular flexibility index (Phi) is 4.30. The van der Waals surface area contributed by atoms with E-state index in [1.165, 1.54) is 0 Å². The molecule has 3 aliphatic rings. The number of hydrogen-bond acceptors (Lipinski definition) is 6. The van der Waals surface area contributed by atoms with Crippen molar-refractivity contribution in [1.82, 2.24) is 0 Å². The molecular formula is C18H22O6. The van der Waals surface area contributed by atoms with Crippen LogP contribution in [0.2, 0.25) is 0 Å². The van der Waals surface area contributed by atoms with E-state index in [1.807, 2.05) is 37.3 Å². The summed E-state index contributed by atoms with van der Waals surface area (Å²) in [5.41, 5.74) is 0.967. The van der Waals surface area contributed by atoms with Crippen molar-refractivity contribution in [2.75, 3.05) is 20.3 Å². The van der Waals surface area contributed by atoms with E-state index in [-0.39, 0.29) is 35.9 Å². The molecule has 0 unspecified atom stereocenters. The van der Waals surface area contributed by atoms with Gasteiger partial charge in [0.1, 0.15) is 6.10 Å². The Balaban J connectivity index is 1.52. The first kappa shape index (κ1) is 16.0. The predicted octanol–water partition coefficient (Wildman–Crippen LogP) is 1.90. The van der Waals surface area contributed by atoms with Crippen molar-refractivity contribution >= 4 is 5.97 Å². The second-order valence-electron chi connectivity index (χ2n) is 6.39. The highest BCUT2D eigenvalue weighted by atomic mass is 16.7. The lowest BCUT2D eigenvalue weighted by molar-refractivity contribution is -0.316. The Morgan fingerprint density at radius 3 is 2.71 bits per heavy atom. The van der Waals surface area contributed by atoms with Gasteiger partial charge in [0.05, 0.1) is 25.2 Å². The minimum Gasteiger partial charge on any atom is -0.466 e. The molecule has 4 rings (SSSR count). The molecular weight excluding hydrogens is 312 g/mol. The van der Waals surface area contributed by atoms with Gasteiger partial charge >= 0.3 is 5.97 Å². The zero-order valence-electron chi connectivity index (χ0n) is 13.8. The highest BCUT2D eigenvalue weighted by Crippen LogP contribution is 2.58. The van der Waals surface area contributed by atoms with Crippen LogP contribution in [0.4, 0.5) is 0 Å². The summed E-state index contributed by atoms with van der Waals surface area (Å²) in [7, 11) is 1.60. The molecule has 0 N–H and O–H groups in total. The van der Waals surface area contributed by atoms with Crippen molar-refractivity contribution in [3.8, 4) is 0 Å². The van der Waals surface area contributed by atoms with Crippen LogP contribution < -0.4 is 0 Å². The van der Waals surface area contributed by atoms with Crippen LogP contribution in [0.1, 0.15) is 18.8 Å². The number of rotatable bonds is 4. The number of hydrogen-bond donors (Lipinski definition) is 0. The normalized spacial score (nSPS) is 40.3. The highest BCUT2D eigenvalue weighted by Gasteiger charge is 2.69. The summed E-state index contributed by atoms with van der Waals surface area (Å²) in [6.45, 7) is 2.61. The smallest absolute Gasteiger partial charge is 0.309 e. The molecule has 0 aromatic heterocycles. The molecule has 0 spiro atoms. The highest BCUT2D eigenvalue weighted by molar-refractivity contribution is 5.77. The summed E-state index contributed by atoms with van der Waals surface area (Å²) in [6, 6.07) is 9.80. The molecule has 6 nitrogen and oxygen atoms in total. The molecule has 2 aliphatic heterocycles. The average Bonchev–Trinajstić information content (AvgIpc) is 3.38. The van der Waals surface area contributed by atoms with Crippen LogP contribution in [0.15, 0.2) is 30.3 Å². The third-order valence-electron chi connectivity index (χ3n) is 5.06. The topological polar surface area (TPSA) is 63.2 Å². The largest absolute Gasteiger partial charge is 0.466 e. The molecule has 0 radical (unpaired) electrons. The number of methoxy groups -OCH3 is 1. The number of ether oxygens (including phenoxy) is 5. The number of esters is 1. The van der Waals surface area contributed by atoms with E-state index >= 15 is 0 Å². The fourth-order valence-corrected chi connectivity index (χ4v) is 3.95. The van der Waals surface area contributed by atoms with Crippen molar-refractivity contribution in [2.45, 2.75) is 31.7 Å². The maximum Gasteiger partial charge on any atom is 0.309 e. The van der Waals surface area contributed by atoms with E-state index in [9.17, 15) is 4.79 Å². The Labute approximate surface area is 141 Å². The predicted molar refractivity (Wildman–Crippen MR) is 82.8 cm³/mol. The maximum atomic E-state index is 12.2. The molecule has 3 fully saturated rings. The van der Waals surface area contributed by atoms with Gasteiger partial charge in [-0.2, -0.15) is 0 Å². The molecule has 1 aliphatic carbocycles. The Bertz CT molecular complexity index is 590. The molecule has 7 atom stereocenters. The SMILES string of the molecule is CCOC(=O)[C@@H]1[C@H]2[C@@H]3O[C@H](c4ccccc4)OC[C@H]3O[C@H](OC)[C@@H]12. The molecule has 24 heavy (non-hydrogen) atoms. The van der Waals surface area contributed by atoms with Gasteiger partial charge < -0.3 is 23.7 Å². The van der Waals surface area contributed by atoms with Crippen LogP contribution in [0.25, 0.3) is 0 Å². The van der Waals surface area contributed by atoms with Crippen LogP contribution in [-0.4, -0.2) is 44.8 Å². The minimum absolute atomic E-state index is 0.00942. The van der Waals surface area contributed by atoms with Gasteiger partial charge in [-0.3, -0.25) is 4.79 Å². The third kappa shape index (κ3) is 2.63. The number of carbonyl (C=O) groups excluding carboxylic acids is 1. The molecule has 2 saturated heterocycles. The van der Waals surface area contributed by atoms with Crippen LogP contribution in [0, 0.1) is 17.8 Å². The summed E-state index contributed by atoms with van der Waals surface area (Å²) in [6.07, 6.45) is -1.25. The molecule has 0 bridgehead atoms. The molecule has 130 valence electrons. The molecule has 0 amide bonds. The van der Waals surface area contributed by atoms with Gasteiger partial charge in [-0.05, 0) is 6.92 Å². The van der Waals surface area contributed by atoms with E-state index in [0.717, 1.165) is 5.56 Å². The zero-order chi connectivity index (χ0) is 16.7. The molecule has 1 saturated carbocycles. The van der Waals surface area contributed by atoms with Gasteiger partial charge in [-0.1, -0.05) is 30.3 Å². The summed E-state index contributed by atoms with van der Waals surface area (Å²) < 4.78 is 28.6. The lowest BCUT2D eigenvalue weighted by Crippen LogP contribution is -2.49.